The average molecular weight is 428 g/mol. The second-order valence-corrected chi connectivity index (χ2v) is 9.38. The van der Waals surface area contributed by atoms with E-state index in [-0.39, 0.29) is 17.3 Å². The van der Waals surface area contributed by atoms with Crippen LogP contribution in [0, 0.1) is 0 Å². The number of hydrogen-bond acceptors (Lipinski definition) is 6. The van der Waals surface area contributed by atoms with Gasteiger partial charge in [0.05, 0.1) is 27.9 Å². The molecule has 0 unspecified atom stereocenters. The zero-order valence-electron chi connectivity index (χ0n) is 15.4. The van der Waals surface area contributed by atoms with Crippen molar-refractivity contribution in [1.82, 2.24) is 9.29 Å². The van der Waals surface area contributed by atoms with Gasteiger partial charge in [-0.05, 0) is 48.5 Å². The van der Waals surface area contributed by atoms with Crippen molar-refractivity contribution < 1.29 is 17.6 Å². The van der Waals surface area contributed by atoms with E-state index >= 15 is 0 Å². The summed E-state index contributed by atoms with van der Waals surface area (Å²) < 4.78 is 32.8. The van der Waals surface area contributed by atoms with Crippen molar-refractivity contribution >= 4 is 42.6 Å². The number of amides is 1. The van der Waals surface area contributed by atoms with Gasteiger partial charge in [-0.1, -0.05) is 23.5 Å². The molecule has 0 radical (unpaired) electrons. The summed E-state index contributed by atoms with van der Waals surface area (Å²) in [5.74, 6) is 0.194. The van der Waals surface area contributed by atoms with Crippen LogP contribution in [-0.4, -0.2) is 30.7 Å². The Morgan fingerprint density at radius 3 is 2.55 bits per heavy atom. The number of thiazole rings is 1. The molecular formula is C20H17N3O4S2. The van der Waals surface area contributed by atoms with E-state index in [0.717, 1.165) is 10.2 Å². The highest BCUT2D eigenvalue weighted by atomic mass is 32.2. The van der Waals surface area contributed by atoms with E-state index in [9.17, 15) is 13.2 Å². The van der Waals surface area contributed by atoms with Gasteiger partial charge in [0.1, 0.15) is 5.76 Å². The van der Waals surface area contributed by atoms with Gasteiger partial charge in [0.15, 0.2) is 5.13 Å². The Bertz CT molecular complexity index is 1210. The number of carbonyl (C=O) groups is 1. The molecule has 148 valence electrons. The van der Waals surface area contributed by atoms with Crippen LogP contribution in [0.1, 0.15) is 16.1 Å². The summed E-state index contributed by atoms with van der Waals surface area (Å²) in [6.07, 6.45) is 1.49. The van der Waals surface area contributed by atoms with E-state index in [4.69, 9.17) is 4.42 Å². The number of aromatic nitrogens is 1. The largest absolute Gasteiger partial charge is 0.468 e. The first kappa shape index (κ1) is 19.3. The predicted octanol–water partition coefficient (Wildman–Crippen LogP) is 3.96. The van der Waals surface area contributed by atoms with Crippen LogP contribution in [-0.2, 0) is 16.6 Å². The topological polar surface area (TPSA) is 92.5 Å². The minimum Gasteiger partial charge on any atom is -0.468 e. The number of rotatable bonds is 6. The van der Waals surface area contributed by atoms with Crippen molar-refractivity contribution in [3.63, 3.8) is 0 Å². The van der Waals surface area contributed by atoms with Crippen LogP contribution < -0.4 is 5.32 Å². The number of fused-ring (bicyclic) bond motifs is 1. The van der Waals surface area contributed by atoms with E-state index in [1.807, 2.05) is 24.3 Å². The maximum absolute atomic E-state index is 12.7. The molecule has 0 aliphatic rings. The molecule has 4 rings (SSSR count). The van der Waals surface area contributed by atoms with Gasteiger partial charge in [0, 0.05) is 12.6 Å². The van der Waals surface area contributed by atoms with Gasteiger partial charge < -0.3 is 4.42 Å². The van der Waals surface area contributed by atoms with Crippen molar-refractivity contribution in [2.75, 3.05) is 12.4 Å². The van der Waals surface area contributed by atoms with Crippen molar-refractivity contribution in [2.24, 2.45) is 0 Å². The number of carbonyl (C=O) groups excluding carboxylic acids is 1. The van der Waals surface area contributed by atoms with Gasteiger partial charge in [0.25, 0.3) is 5.91 Å². The van der Waals surface area contributed by atoms with Crippen LogP contribution in [0.2, 0.25) is 0 Å². The van der Waals surface area contributed by atoms with Crippen molar-refractivity contribution in [1.29, 1.82) is 0 Å². The Hall–Kier alpha value is -3.01. The lowest BCUT2D eigenvalue weighted by Gasteiger charge is -2.16. The molecule has 0 saturated heterocycles. The van der Waals surface area contributed by atoms with Gasteiger partial charge in [-0.25, -0.2) is 13.4 Å². The number of anilines is 1. The number of sulfonamides is 1. The third-order valence-corrected chi connectivity index (χ3v) is 7.07. The second kappa shape index (κ2) is 7.78. The highest BCUT2D eigenvalue weighted by Gasteiger charge is 2.22. The first-order valence-corrected chi connectivity index (χ1v) is 10.9. The second-order valence-electron chi connectivity index (χ2n) is 6.31. The molecule has 9 heteroatoms. The minimum atomic E-state index is -3.70. The number of benzene rings is 2. The zero-order chi connectivity index (χ0) is 20.4. The third kappa shape index (κ3) is 4.07. The van der Waals surface area contributed by atoms with Crippen molar-refractivity contribution in [2.45, 2.75) is 11.4 Å². The van der Waals surface area contributed by atoms with E-state index in [1.54, 1.807) is 12.1 Å². The van der Waals surface area contributed by atoms with Gasteiger partial charge in [-0.15, -0.1) is 0 Å². The summed E-state index contributed by atoms with van der Waals surface area (Å²) in [4.78, 5) is 16.9. The quantitative estimate of drug-likeness (QED) is 0.503. The third-order valence-electron chi connectivity index (χ3n) is 4.30. The number of hydrogen-bond donors (Lipinski definition) is 1. The fourth-order valence-corrected chi connectivity index (χ4v) is 4.76. The lowest BCUT2D eigenvalue weighted by atomic mass is 10.2. The average Bonchev–Trinajstić information content (AvgIpc) is 3.37. The smallest absolute Gasteiger partial charge is 0.257 e. The van der Waals surface area contributed by atoms with Gasteiger partial charge in [0.2, 0.25) is 10.0 Å². The fourth-order valence-electron chi connectivity index (χ4n) is 2.76. The lowest BCUT2D eigenvalue weighted by Crippen LogP contribution is -2.26. The van der Waals surface area contributed by atoms with Crippen molar-refractivity contribution in [3.8, 4) is 0 Å². The molecule has 2 heterocycles. The summed E-state index contributed by atoms with van der Waals surface area (Å²) in [7, 11) is -2.22. The van der Waals surface area contributed by atoms with Crippen LogP contribution in [0.25, 0.3) is 10.2 Å². The summed E-state index contributed by atoms with van der Waals surface area (Å²) in [5.41, 5.74) is 1.16. The summed E-state index contributed by atoms with van der Waals surface area (Å²) >= 11 is 1.38. The molecule has 0 atom stereocenters. The van der Waals surface area contributed by atoms with E-state index in [0.29, 0.717) is 16.5 Å². The number of furan rings is 1. The maximum atomic E-state index is 12.7. The Morgan fingerprint density at radius 1 is 1.10 bits per heavy atom. The standard InChI is InChI=1S/C20H17N3O4S2/c1-23(13-15-5-4-12-27-15)29(25,26)16-10-8-14(9-11-16)19(24)22-20-21-17-6-2-3-7-18(17)28-20/h2-12H,13H2,1H3,(H,21,22,24). The molecular weight excluding hydrogens is 410 g/mol. The first-order chi connectivity index (χ1) is 13.9. The Labute approximate surface area is 171 Å². The molecule has 1 amide bonds. The molecule has 0 saturated carbocycles. The van der Waals surface area contributed by atoms with Crippen LogP contribution in [0.15, 0.2) is 76.2 Å². The maximum Gasteiger partial charge on any atom is 0.257 e. The van der Waals surface area contributed by atoms with E-state index < -0.39 is 10.0 Å². The molecule has 0 bridgehead atoms. The Morgan fingerprint density at radius 2 is 1.86 bits per heavy atom. The number of nitrogens with zero attached hydrogens (tertiary/aromatic N) is 2. The number of nitrogens with one attached hydrogen (secondary N) is 1. The minimum absolute atomic E-state index is 0.100. The molecule has 7 nitrogen and oxygen atoms in total. The van der Waals surface area contributed by atoms with Gasteiger partial charge >= 0.3 is 0 Å². The fraction of sp³-hybridized carbons (Fsp3) is 0.100. The SMILES string of the molecule is CN(Cc1ccco1)S(=O)(=O)c1ccc(C(=O)Nc2nc3ccccc3s2)cc1. The molecule has 29 heavy (non-hydrogen) atoms. The van der Waals surface area contributed by atoms with Crippen LogP contribution >= 0.6 is 11.3 Å². The first-order valence-electron chi connectivity index (χ1n) is 8.69. The van der Waals surface area contributed by atoms with Crippen molar-refractivity contribution in [3.05, 3.63) is 78.3 Å². The molecule has 0 spiro atoms. The summed E-state index contributed by atoms with van der Waals surface area (Å²) in [6, 6.07) is 16.8. The highest BCUT2D eigenvalue weighted by Crippen LogP contribution is 2.26. The lowest BCUT2D eigenvalue weighted by molar-refractivity contribution is 0.102. The summed E-state index contributed by atoms with van der Waals surface area (Å²) in [6.45, 7) is 0.120. The van der Waals surface area contributed by atoms with Crippen LogP contribution in [0.3, 0.4) is 0 Å². The molecule has 1 N–H and O–H groups in total. The van der Waals surface area contributed by atoms with E-state index in [2.05, 4.69) is 10.3 Å². The molecule has 0 aliphatic carbocycles. The molecule has 4 aromatic rings. The molecule has 2 aromatic carbocycles. The number of para-hydroxylation sites is 1. The van der Waals surface area contributed by atoms with Gasteiger partial charge in [-0.3, -0.25) is 10.1 Å². The van der Waals surface area contributed by atoms with E-state index in [1.165, 1.54) is 53.2 Å². The predicted molar refractivity (Wildman–Crippen MR) is 111 cm³/mol. The molecule has 0 fully saturated rings. The molecule has 2 aromatic heterocycles. The van der Waals surface area contributed by atoms with Crippen LogP contribution in [0.5, 0.6) is 0 Å². The Kier molecular flexibility index (Phi) is 5.18. The highest BCUT2D eigenvalue weighted by molar-refractivity contribution is 7.89. The normalized spacial score (nSPS) is 11.8. The van der Waals surface area contributed by atoms with Gasteiger partial charge in [-0.2, -0.15) is 4.31 Å². The monoisotopic (exact) mass is 427 g/mol. The molecule has 0 aliphatic heterocycles. The Balaban J connectivity index is 1.48. The zero-order valence-corrected chi connectivity index (χ0v) is 17.0. The summed E-state index contributed by atoms with van der Waals surface area (Å²) in [5, 5.41) is 3.25. The van der Waals surface area contributed by atoms with Crippen LogP contribution in [0.4, 0.5) is 5.13 Å².